The van der Waals surface area contributed by atoms with E-state index in [1.165, 1.54) is 19.7 Å². The third-order valence-corrected chi connectivity index (χ3v) is 9.52. The monoisotopic (exact) mass is 667 g/mol. The highest BCUT2D eigenvalue weighted by Gasteiger charge is 2.25. The zero-order valence-electron chi connectivity index (χ0n) is 27.3. The summed E-state index contributed by atoms with van der Waals surface area (Å²) < 4.78 is 18.7. The Bertz CT molecular complexity index is 1640. The minimum atomic E-state index is -0.145. The third kappa shape index (κ3) is 7.32. The van der Waals surface area contributed by atoms with E-state index in [9.17, 15) is 4.79 Å². The SMILES string of the molecule is CCn1c(N2CCCN(CCC(CN(C)C(=O)c3cc(OC)c(OC)c(OC)c3)c3ccc(Cl)c(Cl)c3)CC2)nc2ccccc21. The molecule has 1 aliphatic heterocycles. The van der Waals surface area contributed by atoms with Crippen molar-refractivity contribution < 1.29 is 19.0 Å². The van der Waals surface area contributed by atoms with Crippen LogP contribution in [0.1, 0.15) is 41.6 Å². The molecule has 0 bridgehead atoms. The number of anilines is 1. The summed E-state index contributed by atoms with van der Waals surface area (Å²) in [5, 5.41) is 1.02. The number of likely N-dealkylation sites (N-methyl/N-ethyl adjacent to an activating group) is 1. The molecular weight excluding hydrogens is 625 g/mol. The minimum absolute atomic E-state index is 0.0365. The highest BCUT2D eigenvalue weighted by Crippen LogP contribution is 2.39. The van der Waals surface area contributed by atoms with Crippen LogP contribution in [0.5, 0.6) is 17.2 Å². The van der Waals surface area contributed by atoms with Gasteiger partial charge in [-0.2, -0.15) is 0 Å². The van der Waals surface area contributed by atoms with Gasteiger partial charge in [-0.1, -0.05) is 41.4 Å². The molecule has 1 fully saturated rings. The normalized spacial score (nSPS) is 14.6. The van der Waals surface area contributed by atoms with Crippen LogP contribution >= 0.6 is 23.2 Å². The molecule has 0 aliphatic carbocycles. The van der Waals surface area contributed by atoms with Crippen LogP contribution in [0.3, 0.4) is 0 Å². The van der Waals surface area contributed by atoms with E-state index in [-0.39, 0.29) is 11.8 Å². The molecule has 1 atom stereocenters. The topological polar surface area (TPSA) is 72.3 Å². The Labute approximate surface area is 281 Å². The van der Waals surface area contributed by atoms with Gasteiger partial charge in [0.25, 0.3) is 5.91 Å². The van der Waals surface area contributed by atoms with Crippen molar-refractivity contribution in [2.75, 3.05) is 72.5 Å². The first-order valence-electron chi connectivity index (χ1n) is 15.7. The molecule has 1 unspecified atom stereocenters. The molecule has 1 amide bonds. The van der Waals surface area contributed by atoms with Gasteiger partial charge < -0.3 is 33.5 Å². The molecule has 0 saturated carbocycles. The number of para-hydroxylation sites is 2. The van der Waals surface area contributed by atoms with Crippen molar-refractivity contribution in [3.05, 3.63) is 75.8 Å². The predicted octanol–water partition coefficient (Wildman–Crippen LogP) is 6.85. The lowest BCUT2D eigenvalue weighted by Gasteiger charge is -2.28. The molecule has 5 rings (SSSR count). The summed E-state index contributed by atoms with van der Waals surface area (Å²) in [5.41, 5.74) is 3.72. The van der Waals surface area contributed by atoms with Crippen LogP contribution in [-0.2, 0) is 6.54 Å². The smallest absolute Gasteiger partial charge is 0.253 e. The highest BCUT2D eigenvalue weighted by atomic mass is 35.5. The van der Waals surface area contributed by atoms with Gasteiger partial charge in [0.15, 0.2) is 11.5 Å². The van der Waals surface area contributed by atoms with Gasteiger partial charge in [0.05, 0.1) is 42.4 Å². The number of halogens is 2. The number of hydrogen-bond donors (Lipinski definition) is 0. The van der Waals surface area contributed by atoms with Crippen LogP contribution in [0.15, 0.2) is 54.6 Å². The lowest BCUT2D eigenvalue weighted by Crippen LogP contribution is -2.35. The summed E-state index contributed by atoms with van der Waals surface area (Å²) in [7, 11) is 6.44. The minimum Gasteiger partial charge on any atom is -0.493 e. The molecule has 11 heteroatoms. The van der Waals surface area contributed by atoms with Gasteiger partial charge in [-0.25, -0.2) is 4.98 Å². The average molecular weight is 669 g/mol. The molecule has 1 aliphatic rings. The fourth-order valence-electron chi connectivity index (χ4n) is 6.32. The van der Waals surface area contributed by atoms with Crippen LogP contribution in [0, 0.1) is 0 Å². The predicted molar refractivity (Wildman–Crippen MR) is 186 cm³/mol. The van der Waals surface area contributed by atoms with Crippen molar-refractivity contribution in [3.8, 4) is 17.2 Å². The molecule has 9 nitrogen and oxygen atoms in total. The third-order valence-electron chi connectivity index (χ3n) is 8.78. The van der Waals surface area contributed by atoms with Gasteiger partial charge in [0, 0.05) is 51.3 Å². The van der Waals surface area contributed by atoms with E-state index in [0.717, 1.165) is 69.1 Å². The molecule has 0 spiro atoms. The number of methoxy groups -OCH3 is 3. The molecule has 4 aromatic rings. The van der Waals surface area contributed by atoms with Crippen molar-refractivity contribution in [2.45, 2.75) is 32.2 Å². The summed E-state index contributed by atoms with van der Waals surface area (Å²) in [6.45, 7) is 8.22. The summed E-state index contributed by atoms with van der Waals surface area (Å²) in [5.74, 6) is 2.25. The molecule has 246 valence electrons. The van der Waals surface area contributed by atoms with E-state index in [4.69, 9.17) is 42.4 Å². The fraction of sp³-hybridized carbons (Fsp3) is 0.429. The lowest BCUT2D eigenvalue weighted by molar-refractivity contribution is 0.0782. The number of amides is 1. The van der Waals surface area contributed by atoms with Gasteiger partial charge in [-0.15, -0.1) is 0 Å². The quantitative estimate of drug-likeness (QED) is 0.164. The maximum Gasteiger partial charge on any atom is 0.253 e. The van der Waals surface area contributed by atoms with Crippen molar-refractivity contribution in [1.29, 1.82) is 0 Å². The summed E-state index contributed by atoms with van der Waals surface area (Å²) in [6, 6.07) is 17.5. The number of carbonyl (C=O) groups is 1. The Hall–Kier alpha value is -3.66. The summed E-state index contributed by atoms with van der Waals surface area (Å²) >= 11 is 12.8. The van der Waals surface area contributed by atoms with E-state index in [2.05, 4.69) is 39.5 Å². The Balaban J connectivity index is 1.30. The van der Waals surface area contributed by atoms with E-state index < -0.39 is 0 Å². The van der Waals surface area contributed by atoms with Crippen molar-refractivity contribution >= 4 is 46.1 Å². The molecule has 1 aromatic heterocycles. The molecule has 3 aromatic carbocycles. The number of carbonyl (C=O) groups excluding carboxylic acids is 1. The maximum atomic E-state index is 13.7. The van der Waals surface area contributed by atoms with E-state index in [1.54, 1.807) is 24.1 Å². The Morgan fingerprint density at radius 1 is 0.935 bits per heavy atom. The molecular formula is C35H43Cl2N5O4. The number of benzene rings is 3. The number of ether oxygens (including phenoxy) is 3. The number of rotatable bonds is 12. The largest absolute Gasteiger partial charge is 0.493 e. The lowest BCUT2D eigenvalue weighted by atomic mass is 9.94. The first-order valence-corrected chi connectivity index (χ1v) is 16.5. The Kier molecular flexibility index (Phi) is 11.2. The number of nitrogens with zero attached hydrogens (tertiary/aromatic N) is 5. The highest BCUT2D eigenvalue weighted by molar-refractivity contribution is 6.42. The van der Waals surface area contributed by atoms with Gasteiger partial charge in [-0.05, 0) is 74.8 Å². The van der Waals surface area contributed by atoms with E-state index in [0.29, 0.717) is 39.4 Å². The number of hydrogen-bond acceptors (Lipinski definition) is 7. The van der Waals surface area contributed by atoms with Gasteiger partial charge in [0.1, 0.15) is 0 Å². The maximum absolute atomic E-state index is 13.7. The zero-order valence-corrected chi connectivity index (χ0v) is 28.8. The zero-order chi connectivity index (χ0) is 32.8. The first kappa shape index (κ1) is 33.7. The summed E-state index contributed by atoms with van der Waals surface area (Å²) in [4.78, 5) is 25.4. The van der Waals surface area contributed by atoms with Gasteiger partial charge in [0.2, 0.25) is 11.7 Å². The van der Waals surface area contributed by atoms with Gasteiger partial charge in [-0.3, -0.25) is 4.79 Å². The van der Waals surface area contributed by atoms with E-state index in [1.807, 2.05) is 31.3 Å². The summed E-state index contributed by atoms with van der Waals surface area (Å²) in [6.07, 6.45) is 1.89. The number of aryl methyl sites for hydroxylation is 1. The van der Waals surface area contributed by atoms with Crippen LogP contribution in [0.2, 0.25) is 10.0 Å². The second-order valence-corrected chi connectivity index (χ2v) is 12.4. The average Bonchev–Trinajstić information content (AvgIpc) is 3.29. The number of aromatic nitrogens is 2. The molecule has 0 N–H and O–H groups in total. The molecule has 0 radical (unpaired) electrons. The van der Waals surface area contributed by atoms with E-state index >= 15 is 0 Å². The van der Waals surface area contributed by atoms with Crippen LogP contribution in [0.4, 0.5) is 5.95 Å². The Morgan fingerprint density at radius 2 is 1.67 bits per heavy atom. The second kappa shape index (κ2) is 15.3. The van der Waals surface area contributed by atoms with Gasteiger partial charge >= 0.3 is 0 Å². The van der Waals surface area contributed by atoms with Crippen LogP contribution < -0.4 is 19.1 Å². The standard InChI is InChI=1S/C35H43Cl2N5O4/c1-6-42-30-11-8-7-10-29(30)38-35(42)41-16-9-15-40(18-19-41)17-14-25(24-12-13-27(36)28(37)20-24)23-39(2)34(43)26-21-31(44-3)33(46-5)32(22-26)45-4/h7-8,10-13,20-22,25H,6,9,14-19,23H2,1-5H3. The molecule has 1 saturated heterocycles. The van der Waals surface area contributed by atoms with Crippen molar-refractivity contribution in [1.82, 2.24) is 19.4 Å². The second-order valence-electron chi connectivity index (χ2n) is 11.6. The van der Waals surface area contributed by atoms with Crippen LogP contribution in [0.25, 0.3) is 11.0 Å². The number of imidazole rings is 1. The molecule has 46 heavy (non-hydrogen) atoms. The fourth-order valence-corrected chi connectivity index (χ4v) is 6.62. The van der Waals surface area contributed by atoms with Crippen molar-refractivity contribution in [3.63, 3.8) is 0 Å². The van der Waals surface area contributed by atoms with Crippen molar-refractivity contribution in [2.24, 2.45) is 0 Å². The molecule has 2 heterocycles. The first-order chi connectivity index (χ1) is 22.3. The van der Waals surface area contributed by atoms with Crippen LogP contribution in [-0.4, -0.2) is 92.9 Å². The Morgan fingerprint density at radius 3 is 2.35 bits per heavy atom. The number of fused-ring (bicyclic) bond motifs is 1.